The van der Waals surface area contributed by atoms with Crippen molar-refractivity contribution in [2.75, 3.05) is 25.2 Å². The van der Waals surface area contributed by atoms with E-state index in [4.69, 9.17) is 15.5 Å². The molecule has 0 saturated heterocycles. The molecular formula is C22H20N6O2S2. The lowest BCUT2D eigenvalue weighted by molar-refractivity contribution is 0.218. The van der Waals surface area contributed by atoms with Crippen molar-refractivity contribution in [1.82, 2.24) is 24.7 Å². The zero-order chi connectivity index (χ0) is 22.2. The molecule has 0 aliphatic rings. The number of aromatic nitrogens is 5. The Labute approximate surface area is 190 Å². The van der Waals surface area contributed by atoms with Gasteiger partial charge >= 0.3 is 0 Å². The SMILES string of the molecule is COCCS(=O)c1sc2nc(-c3ccc4cncnc4c3)cc(-c3ccnn3C)c2c1N. The summed E-state index contributed by atoms with van der Waals surface area (Å²) >= 11 is 1.37. The highest BCUT2D eigenvalue weighted by atomic mass is 32.2. The number of pyridine rings is 1. The van der Waals surface area contributed by atoms with Crippen molar-refractivity contribution in [1.29, 1.82) is 0 Å². The summed E-state index contributed by atoms with van der Waals surface area (Å²) < 4.78 is 20.4. The Hall–Kier alpha value is -3.21. The molecule has 162 valence electrons. The minimum atomic E-state index is -1.27. The van der Waals surface area contributed by atoms with Gasteiger partial charge in [0.05, 0.1) is 45.8 Å². The number of thiophene rings is 1. The Morgan fingerprint density at radius 2 is 2.12 bits per heavy atom. The average molecular weight is 465 g/mol. The summed E-state index contributed by atoms with van der Waals surface area (Å²) in [6.45, 7) is 0.395. The maximum absolute atomic E-state index is 12.9. The summed E-state index contributed by atoms with van der Waals surface area (Å²) in [5.74, 6) is 0.381. The molecule has 0 fully saturated rings. The molecule has 0 amide bonds. The standard InChI is InChI=1S/C22H20N6O2S2/c1-28-18(5-6-26-28)15-10-17(13-3-4-14-11-24-12-25-16(14)9-13)27-21-19(15)20(23)22(31-21)32(29)8-7-30-2/h3-6,9-12H,7-8,23H2,1-2H3. The zero-order valence-corrected chi connectivity index (χ0v) is 19.1. The molecule has 0 bridgehead atoms. The van der Waals surface area contributed by atoms with Gasteiger partial charge in [-0.05, 0) is 18.2 Å². The van der Waals surface area contributed by atoms with E-state index in [1.54, 1.807) is 24.2 Å². The number of hydrogen-bond donors (Lipinski definition) is 1. The van der Waals surface area contributed by atoms with Crippen LogP contribution in [0, 0.1) is 0 Å². The van der Waals surface area contributed by atoms with Crippen LogP contribution in [-0.2, 0) is 22.6 Å². The number of nitrogens with two attached hydrogens (primary N) is 1. The summed E-state index contributed by atoms with van der Waals surface area (Å²) in [7, 11) is 2.21. The molecule has 0 spiro atoms. The first-order valence-electron chi connectivity index (χ1n) is 9.85. The van der Waals surface area contributed by atoms with E-state index >= 15 is 0 Å². The number of ether oxygens (including phenoxy) is 1. The van der Waals surface area contributed by atoms with Gasteiger partial charge in [0.1, 0.15) is 15.4 Å². The second-order valence-electron chi connectivity index (χ2n) is 7.22. The van der Waals surface area contributed by atoms with Gasteiger partial charge in [-0.1, -0.05) is 12.1 Å². The van der Waals surface area contributed by atoms with Gasteiger partial charge in [0.2, 0.25) is 0 Å². The van der Waals surface area contributed by atoms with Crippen LogP contribution < -0.4 is 5.73 Å². The normalized spacial score (nSPS) is 12.6. The van der Waals surface area contributed by atoms with E-state index in [2.05, 4.69) is 15.1 Å². The van der Waals surface area contributed by atoms with Crippen LogP contribution >= 0.6 is 11.3 Å². The number of anilines is 1. The number of rotatable bonds is 6. The van der Waals surface area contributed by atoms with Crippen molar-refractivity contribution in [2.45, 2.75) is 4.21 Å². The molecule has 8 nitrogen and oxygen atoms in total. The van der Waals surface area contributed by atoms with Crippen LogP contribution in [0.3, 0.4) is 0 Å². The van der Waals surface area contributed by atoms with Gasteiger partial charge in [-0.2, -0.15) is 5.10 Å². The molecule has 5 aromatic rings. The molecule has 1 unspecified atom stereocenters. The van der Waals surface area contributed by atoms with Crippen molar-refractivity contribution in [3.8, 4) is 22.5 Å². The van der Waals surface area contributed by atoms with Gasteiger partial charge < -0.3 is 10.5 Å². The number of fused-ring (bicyclic) bond motifs is 2. The molecular weight excluding hydrogens is 444 g/mol. The van der Waals surface area contributed by atoms with Crippen molar-refractivity contribution in [2.24, 2.45) is 7.05 Å². The average Bonchev–Trinajstić information content (AvgIpc) is 3.39. The lowest BCUT2D eigenvalue weighted by Gasteiger charge is -2.09. The largest absolute Gasteiger partial charge is 0.396 e. The number of aryl methyl sites for hydroxylation is 1. The molecule has 32 heavy (non-hydrogen) atoms. The fourth-order valence-electron chi connectivity index (χ4n) is 3.64. The summed E-state index contributed by atoms with van der Waals surface area (Å²) in [6, 6.07) is 9.92. The number of nitrogens with zero attached hydrogens (tertiary/aromatic N) is 5. The molecule has 0 saturated carbocycles. The predicted molar refractivity (Wildman–Crippen MR) is 128 cm³/mol. The van der Waals surface area contributed by atoms with Gasteiger partial charge in [-0.3, -0.25) is 8.89 Å². The van der Waals surface area contributed by atoms with E-state index in [1.807, 2.05) is 37.4 Å². The van der Waals surface area contributed by atoms with Gasteiger partial charge in [-0.25, -0.2) is 15.0 Å². The lowest BCUT2D eigenvalue weighted by atomic mass is 10.0. The van der Waals surface area contributed by atoms with Crippen LogP contribution in [0.25, 0.3) is 43.6 Å². The Balaban J connectivity index is 1.74. The van der Waals surface area contributed by atoms with Crippen LogP contribution in [0.1, 0.15) is 0 Å². The minimum Gasteiger partial charge on any atom is -0.396 e. The molecule has 10 heteroatoms. The van der Waals surface area contributed by atoms with E-state index < -0.39 is 10.8 Å². The van der Waals surface area contributed by atoms with Crippen molar-refractivity contribution in [3.05, 3.63) is 49.1 Å². The highest BCUT2D eigenvalue weighted by molar-refractivity contribution is 7.87. The smallest absolute Gasteiger partial charge is 0.127 e. The van der Waals surface area contributed by atoms with Crippen molar-refractivity contribution < 1.29 is 8.95 Å². The maximum Gasteiger partial charge on any atom is 0.127 e. The summed E-state index contributed by atoms with van der Waals surface area (Å²) in [5.41, 5.74) is 11.4. The molecule has 2 N–H and O–H groups in total. The topological polar surface area (TPSA) is 109 Å². The number of methoxy groups -OCH3 is 1. The summed E-state index contributed by atoms with van der Waals surface area (Å²) in [4.78, 5) is 14.1. The first-order chi connectivity index (χ1) is 15.6. The molecule has 5 rings (SSSR count). The van der Waals surface area contributed by atoms with E-state index in [0.717, 1.165) is 43.6 Å². The highest BCUT2D eigenvalue weighted by Crippen LogP contribution is 2.42. The van der Waals surface area contributed by atoms with Crippen LogP contribution in [0.15, 0.2) is 53.3 Å². The maximum atomic E-state index is 12.9. The van der Waals surface area contributed by atoms with E-state index in [9.17, 15) is 4.21 Å². The lowest BCUT2D eigenvalue weighted by Crippen LogP contribution is -2.04. The van der Waals surface area contributed by atoms with E-state index in [1.165, 1.54) is 17.7 Å². The monoisotopic (exact) mass is 464 g/mol. The molecule has 4 heterocycles. The molecule has 0 aliphatic heterocycles. The van der Waals surface area contributed by atoms with Crippen LogP contribution in [0.4, 0.5) is 5.69 Å². The Morgan fingerprint density at radius 1 is 1.25 bits per heavy atom. The number of benzene rings is 1. The van der Waals surface area contributed by atoms with E-state index in [-0.39, 0.29) is 0 Å². The molecule has 4 aromatic heterocycles. The number of hydrogen-bond acceptors (Lipinski definition) is 8. The Morgan fingerprint density at radius 3 is 2.91 bits per heavy atom. The van der Waals surface area contributed by atoms with Crippen molar-refractivity contribution >= 4 is 48.9 Å². The summed E-state index contributed by atoms with van der Waals surface area (Å²) in [5, 5.41) is 6.08. The highest BCUT2D eigenvalue weighted by Gasteiger charge is 2.22. The minimum absolute atomic E-state index is 0.381. The molecule has 1 atom stereocenters. The van der Waals surface area contributed by atoms with Gasteiger partial charge in [0, 0.05) is 48.5 Å². The molecule has 1 aromatic carbocycles. The first-order valence-corrected chi connectivity index (χ1v) is 12.0. The van der Waals surface area contributed by atoms with Crippen LogP contribution in [0.5, 0.6) is 0 Å². The van der Waals surface area contributed by atoms with Crippen LogP contribution in [-0.4, -0.2) is 48.4 Å². The Bertz CT molecular complexity index is 1480. The van der Waals surface area contributed by atoms with Gasteiger partial charge in [-0.15, -0.1) is 11.3 Å². The predicted octanol–water partition coefficient (Wildman–Crippen LogP) is 3.64. The third-order valence-corrected chi connectivity index (χ3v) is 8.12. The van der Waals surface area contributed by atoms with Gasteiger partial charge in [0.25, 0.3) is 0 Å². The molecule has 0 radical (unpaired) electrons. The second kappa shape index (κ2) is 8.38. The Kier molecular flexibility index (Phi) is 5.41. The number of nitrogen functional groups attached to an aromatic ring is 1. The summed E-state index contributed by atoms with van der Waals surface area (Å²) in [6.07, 6.45) is 5.06. The zero-order valence-electron chi connectivity index (χ0n) is 17.5. The fraction of sp³-hybridized carbons (Fsp3) is 0.182. The van der Waals surface area contributed by atoms with Crippen LogP contribution in [0.2, 0.25) is 0 Å². The fourth-order valence-corrected chi connectivity index (χ4v) is 6.21. The third kappa shape index (κ3) is 3.56. The van der Waals surface area contributed by atoms with E-state index in [0.29, 0.717) is 22.3 Å². The third-order valence-electron chi connectivity index (χ3n) is 5.24. The second-order valence-corrected chi connectivity index (χ2v) is 9.98. The first kappa shape index (κ1) is 20.7. The quantitative estimate of drug-likeness (QED) is 0.409. The molecule has 0 aliphatic carbocycles. The van der Waals surface area contributed by atoms with Gasteiger partial charge in [0.15, 0.2) is 0 Å². The van der Waals surface area contributed by atoms with Crippen molar-refractivity contribution in [3.63, 3.8) is 0 Å².